The lowest BCUT2D eigenvalue weighted by molar-refractivity contribution is 0.0720. The average Bonchev–Trinajstić information content (AvgIpc) is 3.53. The van der Waals surface area contributed by atoms with Crippen LogP contribution in [0.3, 0.4) is 0 Å². The number of aromatic nitrogens is 1. The van der Waals surface area contributed by atoms with E-state index in [1.165, 1.54) is 0 Å². The first-order valence-electron chi connectivity index (χ1n) is 15.1. The van der Waals surface area contributed by atoms with Crippen LogP contribution in [0.4, 0.5) is 11.4 Å². The molecular weight excluding hydrogens is 564 g/mol. The highest BCUT2D eigenvalue weighted by molar-refractivity contribution is 6.31. The van der Waals surface area contributed by atoms with E-state index in [0.29, 0.717) is 48.3 Å². The van der Waals surface area contributed by atoms with Crippen molar-refractivity contribution in [3.8, 4) is 17.0 Å². The number of rotatable bonds is 9. The number of nitrogens with one attached hydrogen (secondary N) is 2. The Labute approximate surface area is 259 Å². The number of hydrogen-bond donors (Lipinski definition) is 2. The molecule has 9 nitrogen and oxygen atoms in total. The second-order valence-electron chi connectivity index (χ2n) is 11.2. The second kappa shape index (κ2) is 13.7. The molecule has 3 aromatic rings. The van der Waals surface area contributed by atoms with Crippen molar-refractivity contribution in [2.24, 2.45) is 0 Å². The van der Waals surface area contributed by atoms with E-state index in [-0.39, 0.29) is 23.9 Å². The Morgan fingerprint density at radius 3 is 2.67 bits per heavy atom. The minimum absolute atomic E-state index is 0.0134. The first-order valence-corrected chi connectivity index (χ1v) is 15.4. The van der Waals surface area contributed by atoms with E-state index in [2.05, 4.69) is 27.4 Å². The van der Waals surface area contributed by atoms with Gasteiger partial charge in [0, 0.05) is 74.8 Å². The number of amides is 2. The quantitative estimate of drug-likeness (QED) is 0.366. The Balaban J connectivity index is 1.46. The van der Waals surface area contributed by atoms with Crippen molar-refractivity contribution in [3.05, 3.63) is 70.9 Å². The second-order valence-corrected chi connectivity index (χ2v) is 11.7. The molecule has 1 aromatic heterocycles. The van der Waals surface area contributed by atoms with Crippen LogP contribution in [-0.2, 0) is 0 Å². The Hall–Kier alpha value is -3.82. The zero-order valence-electron chi connectivity index (χ0n) is 25.4. The summed E-state index contributed by atoms with van der Waals surface area (Å²) in [5.74, 6) is 0.431. The van der Waals surface area contributed by atoms with Gasteiger partial charge in [0.25, 0.3) is 11.8 Å². The molecule has 2 N–H and O–H groups in total. The van der Waals surface area contributed by atoms with Gasteiger partial charge in [0.15, 0.2) is 0 Å². The van der Waals surface area contributed by atoms with Gasteiger partial charge < -0.3 is 30.1 Å². The maximum absolute atomic E-state index is 13.8. The van der Waals surface area contributed by atoms with Crippen molar-refractivity contribution in [1.29, 1.82) is 0 Å². The number of pyridine rings is 1. The molecule has 2 amide bonds. The summed E-state index contributed by atoms with van der Waals surface area (Å²) in [6, 6.07) is 15.4. The third-order valence-electron chi connectivity index (χ3n) is 8.22. The molecule has 0 radical (unpaired) electrons. The number of carbonyl (C=O) groups is 2. The highest BCUT2D eigenvalue weighted by Gasteiger charge is 2.33. The van der Waals surface area contributed by atoms with Crippen LogP contribution in [0.25, 0.3) is 11.1 Å². The normalized spacial score (nSPS) is 18.4. The standard InChI is InChI=1S/C33H41ClN6O3/c1-5-25-21-39(33(42)27-11-10-23(34)19-30(27)38(3)4)16-17-40(25)29-12-9-22(26-8-7-14-36-32(26)43-6-2)18-28(29)31(41)37-24-13-15-35-20-24/h7-12,14,18-19,24-25,35H,5-6,13,15-17,20-21H2,1-4H3,(H,37,41)/t24-,25-/m1/s1. The summed E-state index contributed by atoms with van der Waals surface area (Å²) in [6.45, 7) is 7.90. The fraction of sp³-hybridized carbons (Fsp3) is 0.424. The highest BCUT2D eigenvalue weighted by Crippen LogP contribution is 2.35. The first-order chi connectivity index (χ1) is 20.8. The minimum atomic E-state index is -0.0995. The number of anilines is 2. The molecule has 10 heteroatoms. The van der Waals surface area contributed by atoms with Gasteiger partial charge in [-0.25, -0.2) is 4.98 Å². The summed E-state index contributed by atoms with van der Waals surface area (Å²) < 4.78 is 5.80. The van der Waals surface area contributed by atoms with E-state index in [9.17, 15) is 9.59 Å². The molecule has 2 fully saturated rings. The Morgan fingerprint density at radius 1 is 1.12 bits per heavy atom. The van der Waals surface area contributed by atoms with E-state index in [1.807, 2.05) is 67.2 Å². The molecule has 2 aliphatic heterocycles. The average molecular weight is 605 g/mol. The van der Waals surface area contributed by atoms with Crippen molar-refractivity contribution >= 4 is 34.8 Å². The van der Waals surface area contributed by atoms with Gasteiger partial charge in [-0.1, -0.05) is 24.6 Å². The predicted octanol–water partition coefficient (Wildman–Crippen LogP) is 4.70. The smallest absolute Gasteiger partial charge is 0.256 e. The molecule has 5 rings (SSSR count). The lowest BCUT2D eigenvalue weighted by Crippen LogP contribution is -2.55. The summed E-state index contributed by atoms with van der Waals surface area (Å²) in [5.41, 5.74) is 4.63. The zero-order chi connectivity index (χ0) is 30.5. The number of benzene rings is 2. The van der Waals surface area contributed by atoms with Crippen LogP contribution in [0.5, 0.6) is 5.88 Å². The van der Waals surface area contributed by atoms with E-state index in [1.54, 1.807) is 18.3 Å². The number of piperazine rings is 1. The van der Waals surface area contributed by atoms with Gasteiger partial charge in [0.2, 0.25) is 5.88 Å². The van der Waals surface area contributed by atoms with Crippen molar-refractivity contribution in [2.45, 2.75) is 38.8 Å². The van der Waals surface area contributed by atoms with E-state index in [4.69, 9.17) is 16.3 Å². The van der Waals surface area contributed by atoms with Gasteiger partial charge in [-0.05, 0) is 74.3 Å². The lowest BCUT2D eigenvalue weighted by Gasteiger charge is -2.43. The molecule has 2 saturated heterocycles. The first kappa shape index (κ1) is 30.6. The predicted molar refractivity (Wildman–Crippen MR) is 173 cm³/mol. The Bertz CT molecular complexity index is 1460. The Kier molecular flexibility index (Phi) is 9.72. The third-order valence-corrected chi connectivity index (χ3v) is 8.46. The topological polar surface area (TPSA) is 90.0 Å². The third kappa shape index (κ3) is 6.73. The summed E-state index contributed by atoms with van der Waals surface area (Å²) in [6.07, 6.45) is 3.43. The van der Waals surface area contributed by atoms with Gasteiger partial charge in [0.05, 0.1) is 23.4 Å². The van der Waals surface area contributed by atoms with Crippen LogP contribution in [0.15, 0.2) is 54.7 Å². The lowest BCUT2D eigenvalue weighted by atomic mass is 9.98. The van der Waals surface area contributed by atoms with Crippen LogP contribution in [0, 0.1) is 0 Å². The molecule has 3 heterocycles. The minimum Gasteiger partial charge on any atom is -0.478 e. The van der Waals surface area contributed by atoms with Crippen LogP contribution >= 0.6 is 11.6 Å². The molecule has 2 aromatic carbocycles. The van der Waals surface area contributed by atoms with Crippen LogP contribution in [-0.4, -0.2) is 87.2 Å². The van der Waals surface area contributed by atoms with Crippen LogP contribution < -0.4 is 25.2 Å². The van der Waals surface area contributed by atoms with Gasteiger partial charge in [0.1, 0.15) is 0 Å². The number of halogens is 1. The largest absolute Gasteiger partial charge is 0.478 e. The number of carbonyl (C=O) groups excluding carboxylic acids is 2. The van der Waals surface area contributed by atoms with Crippen LogP contribution in [0.1, 0.15) is 47.4 Å². The van der Waals surface area contributed by atoms with Gasteiger partial charge in [-0.2, -0.15) is 0 Å². The highest BCUT2D eigenvalue weighted by atomic mass is 35.5. The molecule has 0 spiro atoms. The van der Waals surface area contributed by atoms with Gasteiger partial charge >= 0.3 is 0 Å². The number of ether oxygens (including phenoxy) is 1. The fourth-order valence-corrected chi connectivity index (χ4v) is 6.14. The van der Waals surface area contributed by atoms with E-state index in [0.717, 1.165) is 48.4 Å². The van der Waals surface area contributed by atoms with Crippen molar-refractivity contribution in [3.63, 3.8) is 0 Å². The zero-order valence-corrected chi connectivity index (χ0v) is 26.2. The van der Waals surface area contributed by atoms with E-state index >= 15 is 0 Å². The molecule has 43 heavy (non-hydrogen) atoms. The van der Waals surface area contributed by atoms with Gasteiger partial charge in [-0.3, -0.25) is 9.59 Å². The SMILES string of the molecule is CCOc1ncccc1-c1ccc(N2CCN(C(=O)c3ccc(Cl)cc3N(C)C)C[C@H]2CC)c(C(=O)N[C@@H]2CCNC2)c1. The monoisotopic (exact) mass is 604 g/mol. The molecular formula is C33H41ClN6O3. The van der Waals surface area contributed by atoms with Crippen LogP contribution in [0.2, 0.25) is 5.02 Å². The molecule has 2 atom stereocenters. The van der Waals surface area contributed by atoms with Crippen molar-refractivity contribution in [2.75, 3.05) is 63.2 Å². The number of hydrogen-bond acceptors (Lipinski definition) is 7. The molecule has 228 valence electrons. The number of nitrogens with zero attached hydrogens (tertiary/aromatic N) is 4. The molecule has 0 saturated carbocycles. The van der Waals surface area contributed by atoms with Crippen molar-refractivity contribution in [1.82, 2.24) is 20.5 Å². The summed E-state index contributed by atoms with van der Waals surface area (Å²) in [5, 5.41) is 7.16. The van der Waals surface area contributed by atoms with Gasteiger partial charge in [-0.15, -0.1) is 0 Å². The summed E-state index contributed by atoms with van der Waals surface area (Å²) >= 11 is 6.25. The maximum Gasteiger partial charge on any atom is 0.256 e. The van der Waals surface area contributed by atoms with E-state index < -0.39 is 0 Å². The fourth-order valence-electron chi connectivity index (χ4n) is 5.97. The molecule has 2 aliphatic rings. The summed E-state index contributed by atoms with van der Waals surface area (Å²) in [4.78, 5) is 38.1. The molecule has 0 bridgehead atoms. The molecule has 0 unspecified atom stereocenters. The summed E-state index contributed by atoms with van der Waals surface area (Å²) in [7, 11) is 3.83. The van der Waals surface area contributed by atoms with Crippen molar-refractivity contribution < 1.29 is 14.3 Å². The maximum atomic E-state index is 13.8. The molecule has 0 aliphatic carbocycles. The Morgan fingerprint density at radius 2 is 1.95 bits per heavy atom.